The number of fused-ring (bicyclic) bond motifs is 1. The third-order valence-corrected chi connectivity index (χ3v) is 3.58. The fourth-order valence-electron chi connectivity index (χ4n) is 2.60. The van der Waals surface area contributed by atoms with Crippen LogP contribution in [-0.2, 0) is 6.42 Å². The first kappa shape index (κ1) is 12.0. The van der Waals surface area contributed by atoms with Gasteiger partial charge in [0, 0.05) is 18.1 Å². The van der Waals surface area contributed by atoms with Crippen molar-refractivity contribution in [2.24, 2.45) is 0 Å². The Bertz CT molecular complexity index is 629. The standard InChI is InChI=1S/C16H12F2O/c17-13-6-12(7-14(18)9-13)16(19)8-11-5-10-3-1-2-4-15(10)11/h1-4,6-7,9,11H,5,8H2. The molecular formula is C16H12F2O. The molecule has 96 valence electrons. The molecule has 0 aliphatic heterocycles. The molecule has 0 spiro atoms. The van der Waals surface area contributed by atoms with Gasteiger partial charge in [-0.3, -0.25) is 4.79 Å². The second-order valence-corrected chi connectivity index (χ2v) is 4.89. The number of carbonyl (C=O) groups is 1. The van der Waals surface area contributed by atoms with Crippen LogP contribution in [0.2, 0.25) is 0 Å². The average Bonchev–Trinajstić information content (AvgIpc) is 2.34. The molecule has 3 rings (SSSR count). The van der Waals surface area contributed by atoms with Crippen molar-refractivity contribution >= 4 is 5.78 Å². The largest absolute Gasteiger partial charge is 0.294 e. The topological polar surface area (TPSA) is 17.1 Å². The van der Waals surface area contributed by atoms with Crippen molar-refractivity contribution in [2.45, 2.75) is 18.8 Å². The summed E-state index contributed by atoms with van der Waals surface area (Å²) in [5.74, 6) is -1.46. The molecule has 1 nitrogen and oxygen atoms in total. The van der Waals surface area contributed by atoms with E-state index in [2.05, 4.69) is 0 Å². The van der Waals surface area contributed by atoms with Crippen LogP contribution in [0, 0.1) is 11.6 Å². The molecule has 0 amide bonds. The first-order chi connectivity index (χ1) is 9.13. The maximum atomic E-state index is 13.1. The molecule has 0 heterocycles. The zero-order valence-electron chi connectivity index (χ0n) is 10.2. The van der Waals surface area contributed by atoms with Crippen LogP contribution >= 0.6 is 0 Å². The Hall–Kier alpha value is -2.03. The zero-order chi connectivity index (χ0) is 13.4. The zero-order valence-corrected chi connectivity index (χ0v) is 10.2. The summed E-state index contributed by atoms with van der Waals surface area (Å²) < 4.78 is 26.1. The van der Waals surface area contributed by atoms with Crippen LogP contribution < -0.4 is 0 Å². The Labute approximate surface area is 109 Å². The van der Waals surface area contributed by atoms with Gasteiger partial charge in [-0.1, -0.05) is 24.3 Å². The normalized spacial score (nSPS) is 16.6. The van der Waals surface area contributed by atoms with Crippen LogP contribution in [-0.4, -0.2) is 5.78 Å². The van der Waals surface area contributed by atoms with Crippen molar-refractivity contribution in [1.29, 1.82) is 0 Å². The third-order valence-electron chi connectivity index (χ3n) is 3.58. The first-order valence-corrected chi connectivity index (χ1v) is 6.20. The van der Waals surface area contributed by atoms with Crippen molar-refractivity contribution in [2.75, 3.05) is 0 Å². The molecular weight excluding hydrogens is 246 g/mol. The van der Waals surface area contributed by atoms with Crippen LogP contribution in [0.15, 0.2) is 42.5 Å². The number of benzene rings is 2. The summed E-state index contributed by atoms with van der Waals surface area (Å²) in [6.45, 7) is 0. The van der Waals surface area contributed by atoms with Gasteiger partial charge in [-0.05, 0) is 35.6 Å². The number of carbonyl (C=O) groups excluding carboxylic acids is 1. The number of hydrogen-bond acceptors (Lipinski definition) is 1. The lowest BCUT2D eigenvalue weighted by Gasteiger charge is -2.29. The second-order valence-electron chi connectivity index (χ2n) is 4.89. The molecule has 0 saturated carbocycles. The smallest absolute Gasteiger partial charge is 0.163 e. The summed E-state index contributed by atoms with van der Waals surface area (Å²) in [4.78, 5) is 12.0. The van der Waals surface area contributed by atoms with Crippen LogP contribution in [0.25, 0.3) is 0 Å². The lowest BCUT2D eigenvalue weighted by molar-refractivity contribution is 0.0969. The first-order valence-electron chi connectivity index (χ1n) is 6.20. The molecule has 0 N–H and O–H groups in total. The van der Waals surface area contributed by atoms with Crippen LogP contribution in [0.1, 0.15) is 33.8 Å². The lowest BCUT2D eigenvalue weighted by atomic mass is 9.74. The summed E-state index contributed by atoms with van der Waals surface area (Å²) in [6.07, 6.45) is 1.17. The van der Waals surface area contributed by atoms with Crippen LogP contribution in [0.3, 0.4) is 0 Å². The molecule has 0 bridgehead atoms. The number of Topliss-reactive ketones (excluding diaryl/α,β-unsaturated/α-hetero) is 1. The van der Waals surface area contributed by atoms with Gasteiger partial charge in [0.2, 0.25) is 0 Å². The summed E-state index contributed by atoms with van der Waals surface area (Å²) in [5, 5.41) is 0. The Balaban J connectivity index is 1.77. The van der Waals surface area contributed by atoms with Gasteiger partial charge in [0.25, 0.3) is 0 Å². The predicted molar refractivity (Wildman–Crippen MR) is 68.2 cm³/mol. The molecule has 0 aromatic heterocycles. The Kier molecular flexibility index (Phi) is 2.90. The molecule has 0 radical (unpaired) electrons. The highest BCUT2D eigenvalue weighted by molar-refractivity contribution is 5.96. The van der Waals surface area contributed by atoms with Gasteiger partial charge in [-0.25, -0.2) is 8.78 Å². The minimum Gasteiger partial charge on any atom is -0.294 e. The van der Waals surface area contributed by atoms with Crippen molar-refractivity contribution in [3.8, 4) is 0 Å². The lowest BCUT2D eigenvalue weighted by Crippen LogP contribution is -2.20. The molecule has 1 atom stereocenters. The van der Waals surface area contributed by atoms with Crippen LogP contribution in [0.4, 0.5) is 8.78 Å². The second kappa shape index (κ2) is 4.57. The third kappa shape index (κ3) is 2.28. The maximum Gasteiger partial charge on any atom is 0.163 e. The minimum atomic E-state index is -0.711. The fourth-order valence-corrected chi connectivity index (χ4v) is 2.60. The van der Waals surface area contributed by atoms with E-state index in [4.69, 9.17) is 0 Å². The van der Waals surface area contributed by atoms with E-state index < -0.39 is 11.6 Å². The SMILES string of the molecule is O=C(CC1Cc2ccccc21)c1cc(F)cc(F)c1. The minimum absolute atomic E-state index is 0.113. The number of rotatable bonds is 3. The highest BCUT2D eigenvalue weighted by atomic mass is 19.1. The van der Waals surface area contributed by atoms with E-state index in [1.54, 1.807) is 0 Å². The summed E-state index contributed by atoms with van der Waals surface area (Å²) >= 11 is 0. The molecule has 0 fully saturated rings. The molecule has 1 unspecified atom stereocenters. The van der Waals surface area contributed by atoms with Crippen molar-refractivity contribution in [3.05, 3.63) is 70.8 Å². The summed E-state index contributed by atoms with van der Waals surface area (Å²) in [7, 11) is 0. The van der Waals surface area contributed by atoms with Crippen molar-refractivity contribution < 1.29 is 13.6 Å². The van der Waals surface area contributed by atoms with Crippen LogP contribution in [0.5, 0.6) is 0 Å². The Morgan fingerprint density at radius 3 is 2.47 bits per heavy atom. The van der Waals surface area contributed by atoms with E-state index in [1.165, 1.54) is 11.1 Å². The molecule has 2 aromatic carbocycles. The monoisotopic (exact) mass is 258 g/mol. The van der Waals surface area contributed by atoms with Gasteiger partial charge in [0.05, 0.1) is 0 Å². The number of ketones is 1. The van der Waals surface area contributed by atoms with Gasteiger partial charge >= 0.3 is 0 Å². The Morgan fingerprint density at radius 1 is 1.11 bits per heavy atom. The maximum absolute atomic E-state index is 13.1. The van der Waals surface area contributed by atoms with Gasteiger partial charge in [0.15, 0.2) is 5.78 Å². The van der Waals surface area contributed by atoms with E-state index in [9.17, 15) is 13.6 Å². The number of halogens is 2. The van der Waals surface area contributed by atoms with Gasteiger partial charge < -0.3 is 0 Å². The molecule has 19 heavy (non-hydrogen) atoms. The van der Waals surface area contributed by atoms with E-state index >= 15 is 0 Å². The van der Waals surface area contributed by atoms with Crippen molar-refractivity contribution in [3.63, 3.8) is 0 Å². The van der Waals surface area contributed by atoms with Gasteiger partial charge in [-0.2, -0.15) is 0 Å². The number of hydrogen-bond donors (Lipinski definition) is 0. The van der Waals surface area contributed by atoms with E-state index in [0.717, 1.165) is 24.6 Å². The van der Waals surface area contributed by atoms with Gasteiger partial charge in [0.1, 0.15) is 11.6 Å². The quantitative estimate of drug-likeness (QED) is 0.764. The summed E-state index contributed by atoms with van der Waals surface area (Å²) in [5.41, 5.74) is 2.54. The van der Waals surface area contributed by atoms with E-state index in [1.807, 2.05) is 24.3 Å². The highest BCUT2D eigenvalue weighted by Gasteiger charge is 2.27. The predicted octanol–water partition coefficient (Wildman–Crippen LogP) is 3.88. The van der Waals surface area contributed by atoms with E-state index in [0.29, 0.717) is 6.42 Å². The average molecular weight is 258 g/mol. The summed E-state index contributed by atoms with van der Waals surface area (Å²) in [6, 6.07) is 10.9. The molecule has 3 heteroatoms. The van der Waals surface area contributed by atoms with Crippen molar-refractivity contribution in [1.82, 2.24) is 0 Å². The van der Waals surface area contributed by atoms with E-state index in [-0.39, 0.29) is 17.3 Å². The fraction of sp³-hybridized carbons (Fsp3) is 0.188. The molecule has 1 aliphatic rings. The molecule has 2 aromatic rings. The van der Waals surface area contributed by atoms with Gasteiger partial charge in [-0.15, -0.1) is 0 Å². The highest BCUT2D eigenvalue weighted by Crippen LogP contribution is 2.37. The Morgan fingerprint density at radius 2 is 1.79 bits per heavy atom. The molecule has 0 saturated heterocycles. The molecule has 1 aliphatic carbocycles.